The molecular weight excluding hydrogens is 434 g/mol. The highest BCUT2D eigenvalue weighted by Crippen LogP contribution is 2.33. The summed E-state index contributed by atoms with van der Waals surface area (Å²) in [5.41, 5.74) is 10.9. The summed E-state index contributed by atoms with van der Waals surface area (Å²) in [5.74, 6) is 0. The molecule has 0 spiro atoms. The molecule has 2 aromatic carbocycles. The van der Waals surface area contributed by atoms with Crippen LogP contribution in [0.1, 0.15) is 28.3 Å². The fraction of sp³-hybridized carbons (Fsp3) is 0.200. The van der Waals surface area contributed by atoms with Crippen LogP contribution in [-0.4, -0.2) is 0 Å². The Balaban J connectivity index is 2.46. The van der Waals surface area contributed by atoms with Gasteiger partial charge in [-0.2, -0.15) is 0 Å². The van der Waals surface area contributed by atoms with Crippen LogP contribution in [0.5, 0.6) is 0 Å². The van der Waals surface area contributed by atoms with E-state index in [4.69, 9.17) is 5.73 Å². The van der Waals surface area contributed by atoms with Gasteiger partial charge in [0.15, 0.2) is 0 Å². The number of rotatable bonds is 2. The largest absolute Gasteiger partial charge is 0.320 e. The van der Waals surface area contributed by atoms with Gasteiger partial charge in [0, 0.05) is 13.4 Å². The molecule has 0 aliphatic carbocycles. The quantitative estimate of drug-likeness (QED) is 0.633. The van der Waals surface area contributed by atoms with Crippen molar-refractivity contribution in [3.63, 3.8) is 0 Å². The van der Waals surface area contributed by atoms with Crippen molar-refractivity contribution in [1.82, 2.24) is 0 Å². The molecule has 0 aliphatic rings. The van der Waals surface area contributed by atoms with Gasteiger partial charge in [-0.15, -0.1) is 0 Å². The van der Waals surface area contributed by atoms with E-state index >= 15 is 0 Å². The Morgan fingerprint density at radius 1 is 0.842 bits per heavy atom. The van der Waals surface area contributed by atoms with Crippen molar-refractivity contribution in [1.29, 1.82) is 0 Å². The Labute approximate surface area is 139 Å². The van der Waals surface area contributed by atoms with Crippen molar-refractivity contribution in [3.8, 4) is 0 Å². The van der Waals surface area contributed by atoms with Crippen LogP contribution in [0.2, 0.25) is 0 Å². The minimum atomic E-state index is -0.150. The van der Waals surface area contributed by atoms with Gasteiger partial charge in [-0.1, -0.05) is 59.9 Å². The molecule has 2 rings (SSSR count). The van der Waals surface area contributed by atoms with Crippen LogP contribution in [-0.2, 0) is 0 Å². The molecule has 0 aliphatic heterocycles. The zero-order valence-electron chi connectivity index (χ0n) is 10.7. The Kier molecular flexibility index (Phi) is 4.88. The summed E-state index contributed by atoms with van der Waals surface area (Å²) >= 11 is 10.7. The molecule has 0 aromatic heterocycles. The Morgan fingerprint density at radius 2 is 1.47 bits per heavy atom. The third-order valence-electron chi connectivity index (χ3n) is 3.17. The predicted octanol–water partition coefficient (Wildman–Crippen LogP) is 5.64. The van der Waals surface area contributed by atoms with Crippen molar-refractivity contribution in [2.45, 2.75) is 19.9 Å². The second-order valence-corrected chi connectivity index (χ2v) is 7.17. The summed E-state index contributed by atoms with van der Waals surface area (Å²) in [6.07, 6.45) is 0. The zero-order valence-corrected chi connectivity index (χ0v) is 15.4. The second-order valence-electron chi connectivity index (χ2n) is 4.61. The molecule has 1 nitrogen and oxygen atoms in total. The first-order valence-electron chi connectivity index (χ1n) is 5.87. The van der Waals surface area contributed by atoms with Crippen LogP contribution < -0.4 is 5.73 Å². The van der Waals surface area contributed by atoms with Gasteiger partial charge in [0.2, 0.25) is 0 Å². The third kappa shape index (κ3) is 3.30. The summed E-state index contributed by atoms with van der Waals surface area (Å²) in [6.45, 7) is 4.13. The van der Waals surface area contributed by atoms with Gasteiger partial charge in [-0.05, 0) is 54.3 Å². The summed E-state index contributed by atoms with van der Waals surface area (Å²) in [5, 5.41) is 0. The first-order chi connectivity index (χ1) is 8.90. The normalized spacial score (nSPS) is 12.5. The number of hydrogen-bond acceptors (Lipinski definition) is 1. The van der Waals surface area contributed by atoms with E-state index in [0.717, 1.165) is 24.5 Å². The minimum absolute atomic E-state index is 0.150. The van der Waals surface area contributed by atoms with Crippen LogP contribution in [0, 0.1) is 13.8 Å². The molecule has 0 fully saturated rings. The van der Waals surface area contributed by atoms with E-state index in [9.17, 15) is 0 Å². The van der Waals surface area contributed by atoms with Gasteiger partial charge in [-0.3, -0.25) is 0 Å². The number of nitrogens with two attached hydrogens (primary N) is 1. The highest BCUT2D eigenvalue weighted by atomic mass is 79.9. The molecule has 19 heavy (non-hydrogen) atoms. The van der Waals surface area contributed by atoms with Crippen LogP contribution in [0.15, 0.2) is 43.7 Å². The molecule has 100 valence electrons. The van der Waals surface area contributed by atoms with Crippen LogP contribution in [0.4, 0.5) is 0 Å². The van der Waals surface area contributed by atoms with Gasteiger partial charge in [-0.25, -0.2) is 0 Å². The molecule has 0 amide bonds. The molecule has 2 aromatic rings. The van der Waals surface area contributed by atoms with Crippen LogP contribution in [0.3, 0.4) is 0 Å². The van der Waals surface area contributed by atoms with Crippen molar-refractivity contribution in [3.05, 3.63) is 66.0 Å². The van der Waals surface area contributed by atoms with Crippen molar-refractivity contribution < 1.29 is 0 Å². The maximum Gasteiger partial charge on any atom is 0.0563 e. The fourth-order valence-electron chi connectivity index (χ4n) is 1.88. The topological polar surface area (TPSA) is 26.0 Å². The SMILES string of the molecule is Cc1ccc(C(N)c2cc(Br)c(C)cc2Br)cc1Br. The fourth-order valence-corrected chi connectivity index (χ4v) is 3.34. The predicted molar refractivity (Wildman–Crippen MR) is 91.5 cm³/mol. The van der Waals surface area contributed by atoms with Crippen molar-refractivity contribution in [2.24, 2.45) is 5.73 Å². The van der Waals surface area contributed by atoms with Crippen molar-refractivity contribution in [2.75, 3.05) is 0 Å². The molecule has 0 saturated carbocycles. The Morgan fingerprint density at radius 3 is 2.11 bits per heavy atom. The first-order valence-corrected chi connectivity index (χ1v) is 8.25. The van der Waals surface area contributed by atoms with E-state index in [-0.39, 0.29) is 6.04 Å². The molecule has 2 N–H and O–H groups in total. The lowest BCUT2D eigenvalue weighted by Gasteiger charge is -2.17. The molecular formula is C15H14Br3N. The average Bonchev–Trinajstić information content (AvgIpc) is 2.36. The Hall–Kier alpha value is -0.160. The second kappa shape index (κ2) is 6.08. The third-order valence-corrected chi connectivity index (χ3v) is 5.56. The lowest BCUT2D eigenvalue weighted by Crippen LogP contribution is -2.13. The maximum atomic E-state index is 6.38. The summed E-state index contributed by atoms with van der Waals surface area (Å²) in [6, 6.07) is 10.3. The summed E-state index contributed by atoms with van der Waals surface area (Å²) in [7, 11) is 0. The maximum absolute atomic E-state index is 6.38. The minimum Gasteiger partial charge on any atom is -0.320 e. The van der Waals surface area contributed by atoms with E-state index in [0.29, 0.717) is 0 Å². The highest BCUT2D eigenvalue weighted by molar-refractivity contribution is 9.11. The van der Waals surface area contributed by atoms with Gasteiger partial charge >= 0.3 is 0 Å². The average molecular weight is 448 g/mol. The van der Waals surface area contributed by atoms with E-state index < -0.39 is 0 Å². The van der Waals surface area contributed by atoms with Gasteiger partial charge in [0.25, 0.3) is 0 Å². The van der Waals surface area contributed by atoms with Gasteiger partial charge in [0.05, 0.1) is 6.04 Å². The molecule has 1 atom stereocenters. The summed E-state index contributed by atoms with van der Waals surface area (Å²) in [4.78, 5) is 0. The molecule has 1 unspecified atom stereocenters. The van der Waals surface area contributed by atoms with E-state index in [1.54, 1.807) is 0 Å². The molecule has 0 radical (unpaired) electrons. The molecule has 0 bridgehead atoms. The van der Waals surface area contributed by atoms with E-state index in [1.165, 1.54) is 11.1 Å². The molecule has 4 heteroatoms. The number of hydrogen-bond donors (Lipinski definition) is 1. The smallest absolute Gasteiger partial charge is 0.0563 e. The lowest BCUT2D eigenvalue weighted by atomic mass is 9.98. The number of benzene rings is 2. The lowest BCUT2D eigenvalue weighted by molar-refractivity contribution is 0.862. The summed E-state index contributed by atoms with van der Waals surface area (Å²) < 4.78 is 3.20. The van der Waals surface area contributed by atoms with Crippen molar-refractivity contribution >= 4 is 47.8 Å². The zero-order chi connectivity index (χ0) is 14.2. The van der Waals surface area contributed by atoms with E-state index in [1.807, 2.05) is 0 Å². The Bertz CT molecular complexity index is 623. The highest BCUT2D eigenvalue weighted by Gasteiger charge is 2.14. The van der Waals surface area contributed by atoms with Crippen LogP contribution in [0.25, 0.3) is 0 Å². The van der Waals surface area contributed by atoms with Gasteiger partial charge in [0.1, 0.15) is 0 Å². The van der Waals surface area contributed by atoms with Crippen LogP contribution >= 0.6 is 47.8 Å². The van der Waals surface area contributed by atoms with Gasteiger partial charge < -0.3 is 5.73 Å². The first kappa shape index (κ1) is 15.2. The van der Waals surface area contributed by atoms with E-state index in [2.05, 4.69) is 92.0 Å². The standard InChI is InChI=1S/C15H14Br3N/c1-8-3-4-10(6-12(8)16)15(19)11-7-13(17)9(2)5-14(11)18/h3-7,15H,19H2,1-2H3. The number of aryl methyl sites for hydroxylation is 2. The molecule has 0 saturated heterocycles. The monoisotopic (exact) mass is 445 g/mol. The molecule has 0 heterocycles. The number of halogens is 3.